The Morgan fingerprint density at radius 1 is 0.895 bits per heavy atom. The number of hydrogen-bond donors (Lipinski definition) is 1. The summed E-state index contributed by atoms with van der Waals surface area (Å²) in [7, 11) is 3.19. The van der Waals surface area contributed by atoms with E-state index in [9.17, 15) is 5.11 Å². The summed E-state index contributed by atoms with van der Waals surface area (Å²) in [4.78, 5) is 0. The summed E-state index contributed by atoms with van der Waals surface area (Å²) in [6.07, 6.45) is -0.699. The first-order chi connectivity index (χ1) is 9.22. The highest BCUT2D eigenvalue weighted by Gasteiger charge is 2.26. The molecule has 1 aliphatic heterocycles. The van der Waals surface area contributed by atoms with E-state index < -0.39 is 6.10 Å². The molecule has 98 valence electrons. The molecule has 1 heterocycles. The van der Waals surface area contributed by atoms with Gasteiger partial charge in [0.2, 0.25) is 0 Å². The van der Waals surface area contributed by atoms with Crippen LogP contribution in [0.15, 0.2) is 36.4 Å². The Morgan fingerprint density at radius 2 is 1.37 bits per heavy atom. The van der Waals surface area contributed by atoms with Crippen LogP contribution in [-0.2, 0) is 0 Å². The lowest BCUT2D eigenvalue weighted by atomic mass is 9.97. The van der Waals surface area contributed by atoms with Crippen molar-refractivity contribution in [2.45, 2.75) is 6.10 Å². The van der Waals surface area contributed by atoms with Crippen LogP contribution in [0.5, 0.6) is 23.0 Å². The molecule has 1 N–H and O–H groups in total. The highest BCUT2D eigenvalue weighted by Crippen LogP contribution is 2.45. The quantitative estimate of drug-likeness (QED) is 0.899. The molecule has 1 aliphatic rings. The molecule has 0 amide bonds. The number of aliphatic hydroxyl groups is 1. The Labute approximate surface area is 111 Å². The Morgan fingerprint density at radius 3 is 1.79 bits per heavy atom. The topological polar surface area (TPSA) is 47.9 Å². The van der Waals surface area contributed by atoms with Crippen LogP contribution < -0.4 is 14.2 Å². The van der Waals surface area contributed by atoms with Gasteiger partial charge >= 0.3 is 0 Å². The first-order valence-corrected chi connectivity index (χ1v) is 5.94. The predicted octanol–water partition coefficient (Wildman–Crippen LogP) is 2.89. The number of hydrogen-bond acceptors (Lipinski definition) is 4. The zero-order valence-electron chi connectivity index (χ0n) is 10.7. The third-order valence-corrected chi connectivity index (χ3v) is 3.25. The maximum absolute atomic E-state index is 10.4. The Kier molecular flexibility index (Phi) is 2.80. The lowest BCUT2D eigenvalue weighted by Crippen LogP contribution is -2.09. The molecular weight excluding hydrogens is 244 g/mol. The van der Waals surface area contributed by atoms with Crippen molar-refractivity contribution >= 4 is 0 Å². The largest absolute Gasteiger partial charge is 0.497 e. The van der Waals surface area contributed by atoms with Gasteiger partial charge in [0, 0.05) is 23.3 Å². The van der Waals surface area contributed by atoms with E-state index in [1.54, 1.807) is 38.5 Å². The van der Waals surface area contributed by atoms with Crippen molar-refractivity contribution in [2.75, 3.05) is 14.2 Å². The smallest absolute Gasteiger partial charge is 0.137 e. The molecule has 0 saturated heterocycles. The molecule has 4 heteroatoms. The summed E-state index contributed by atoms with van der Waals surface area (Å²) in [5, 5.41) is 10.4. The van der Waals surface area contributed by atoms with Gasteiger partial charge in [0.25, 0.3) is 0 Å². The summed E-state index contributed by atoms with van der Waals surface area (Å²) in [6, 6.07) is 10.8. The number of methoxy groups -OCH3 is 2. The molecule has 4 nitrogen and oxygen atoms in total. The van der Waals surface area contributed by atoms with Gasteiger partial charge in [0.05, 0.1) is 14.2 Å². The molecule has 2 aromatic carbocycles. The minimum atomic E-state index is -0.699. The maximum Gasteiger partial charge on any atom is 0.137 e. The van der Waals surface area contributed by atoms with Gasteiger partial charge in [0.1, 0.15) is 29.1 Å². The normalized spacial score (nSPS) is 13.2. The van der Waals surface area contributed by atoms with Crippen molar-refractivity contribution in [2.24, 2.45) is 0 Å². The fourth-order valence-corrected chi connectivity index (χ4v) is 2.20. The molecule has 0 aliphatic carbocycles. The summed E-state index contributed by atoms with van der Waals surface area (Å²) >= 11 is 0. The molecular formula is C15H14O4. The Bertz CT molecular complexity index is 568. The fraction of sp³-hybridized carbons (Fsp3) is 0.200. The molecule has 0 fully saturated rings. The van der Waals surface area contributed by atoms with Crippen LogP contribution in [0.1, 0.15) is 17.2 Å². The molecule has 2 aromatic rings. The van der Waals surface area contributed by atoms with Gasteiger partial charge < -0.3 is 19.3 Å². The minimum Gasteiger partial charge on any atom is -0.497 e. The van der Waals surface area contributed by atoms with Crippen LogP contribution in [0.3, 0.4) is 0 Å². The van der Waals surface area contributed by atoms with Crippen LogP contribution in [0.2, 0.25) is 0 Å². The van der Waals surface area contributed by atoms with Gasteiger partial charge in [0.15, 0.2) is 0 Å². The van der Waals surface area contributed by atoms with Crippen molar-refractivity contribution < 1.29 is 19.3 Å². The Hall–Kier alpha value is -2.20. The van der Waals surface area contributed by atoms with Crippen LogP contribution in [0.25, 0.3) is 0 Å². The second-order valence-electron chi connectivity index (χ2n) is 4.31. The average Bonchev–Trinajstić information content (AvgIpc) is 2.46. The predicted molar refractivity (Wildman–Crippen MR) is 70.1 cm³/mol. The highest BCUT2D eigenvalue weighted by molar-refractivity contribution is 5.55. The molecule has 0 radical (unpaired) electrons. The second-order valence-corrected chi connectivity index (χ2v) is 4.31. The van der Waals surface area contributed by atoms with Crippen LogP contribution in [0.4, 0.5) is 0 Å². The van der Waals surface area contributed by atoms with Gasteiger partial charge in [-0.25, -0.2) is 0 Å². The summed E-state index contributed by atoms with van der Waals surface area (Å²) < 4.78 is 16.1. The van der Waals surface area contributed by atoms with Gasteiger partial charge in [-0.05, 0) is 24.3 Å². The SMILES string of the molecule is COc1ccc2c(c1)Oc1cc(OC)ccc1C2O. The summed E-state index contributed by atoms with van der Waals surface area (Å²) in [6.45, 7) is 0. The molecule has 19 heavy (non-hydrogen) atoms. The number of aliphatic hydroxyl groups excluding tert-OH is 1. The third-order valence-electron chi connectivity index (χ3n) is 3.25. The van der Waals surface area contributed by atoms with Gasteiger partial charge in [-0.3, -0.25) is 0 Å². The lowest BCUT2D eigenvalue weighted by Gasteiger charge is -2.25. The van der Waals surface area contributed by atoms with Crippen molar-refractivity contribution in [3.05, 3.63) is 47.5 Å². The Balaban J connectivity index is 2.08. The van der Waals surface area contributed by atoms with E-state index >= 15 is 0 Å². The monoisotopic (exact) mass is 258 g/mol. The van der Waals surface area contributed by atoms with Crippen molar-refractivity contribution in [1.82, 2.24) is 0 Å². The molecule has 3 rings (SSSR count). The van der Waals surface area contributed by atoms with Crippen LogP contribution in [0, 0.1) is 0 Å². The lowest BCUT2D eigenvalue weighted by molar-refractivity contribution is 0.202. The standard InChI is InChI=1S/C15H14O4/c1-17-9-3-5-11-13(7-9)19-14-8-10(18-2)4-6-12(14)15(11)16/h3-8,15-16H,1-2H3. The van der Waals surface area contributed by atoms with Crippen LogP contribution >= 0.6 is 0 Å². The van der Waals surface area contributed by atoms with Crippen molar-refractivity contribution in [3.8, 4) is 23.0 Å². The molecule has 0 aromatic heterocycles. The highest BCUT2D eigenvalue weighted by atomic mass is 16.5. The van der Waals surface area contributed by atoms with Gasteiger partial charge in [-0.1, -0.05) is 0 Å². The minimum absolute atomic E-state index is 0.604. The molecule has 0 bridgehead atoms. The number of fused-ring (bicyclic) bond motifs is 2. The number of rotatable bonds is 2. The van der Waals surface area contributed by atoms with E-state index in [2.05, 4.69) is 0 Å². The van der Waals surface area contributed by atoms with E-state index in [0.29, 0.717) is 23.0 Å². The third kappa shape index (κ3) is 1.90. The zero-order chi connectivity index (χ0) is 13.4. The van der Waals surface area contributed by atoms with Crippen molar-refractivity contribution in [3.63, 3.8) is 0 Å². The van der Waals surface area contributed by atoms with Gasteiger partial charge in [-0.2, -0.15) is 0 Å². The van der Waals surface area contributed by atoms with E-state index in [1.165, 1.54) is 0 Å². The van der Waals surface area contributed by atoms with Crippen molar-refractivity contribution in [1.29, 1.82) is 0 Å². The second kappa shape index (κ2) is 4.48. The molecule has 0 atom stereocenters. The average molecular weight is 258 g/mol. The molecule has 0 spiro atoms. The first kappa shape index (κ1) is 11.9. The number of benzene rings is 2. The van der Waals surface area contributed by atoms with E-state index in [-0.39, 0.29) is 0 Å². The first-order valence-electron chi connectivity index (χ1n) is 5.94. The number of ether oxygens (including phenoxy) is 3. The zero-order valence-corrected chi connectivity index (χ0v) is 10.7. The van der Waals surface area contributed by atoms with Crippen LogP contribution in [-0.4, -0.2) is 19.3 Å². The van der Waals surface area contributed by atoms with E-state index in [4.69, 9.17) is 14.2 Å². The summed E-state index contributed by atoms with van der Waals surface area (Å²) in [5.74, 6) is 2.59. The molecule has 0 saturated carbocycles. The summed E-state index contributed by atoms with van der Waals surface area (Å²) in [5.41, 5.74) is 1.47. The van der Waals surface area contributed by atoms with E-state index in [1.807, 2.05) is 12.1 Å². The van der Waals surface area contributed by atoms with E-state index in [0.717, 1.165) is 11.1 Å². The van der Waals surface area contributed by atoms with Gasteiger partial charge in [-0.15, -0.1) is 0 Å². The fourth-order valence-electron chi connectivity index (χ4n) is 2.20. The maximum atomic E-state index is 10.4. The molecule has 0 unspecified atom stereocenters.